The van der Waals surface area contributed by atoms with Gasteiger partial charge in [0.1, 0.15) is 5.75 Å². The standard InChI is InChI=1S/C13H19IN2O2/c1-9(6-7-16(2)3)15-13(18)10-4-5-11(14)12(17)8-10/h4-5,8-9,17H,6-7H2,1-3H3,(H,15,18). The van der Waals surface area contributed by atoms with Crippen LogP contribution >= 0.6 is 22.6 Å². The minimum Gasteiger partial charge on any atom is -0.507 e. The van der Waals surface area contributed by atoms with E-state index in [1.54, 1.807) is 12.1 Å². The average molecular weight is 362 g/mol. The molecule has 0 saturated heterocycles. The molecule has 1 rings (SSSR count). The first-order valence-corrected chi connectivity index (χ1v) is 6.92. The highest BCUT2D eigenvalue weighted by molar-refractivity contribution is 14.1. The monoisotopic (exact) mass is 362 g/mol. The topological polar surface area (TPSA) is 52.6 Å². The van der Waals surface area contributed by atoms with Crippen LogP contribution in [0.1, 0.15) is 23.7 Å². The minimum atomic E-state index is -0.145. The zero-order valence-corrected chi connectivity index (χ0v) is 13.1. The number of benzene rings is 1. The van der Waals surface area contributed by atoms with Crippen LogP contribution in [-0.2, 0) is 0 Å². The van der Waals surface area contributed by atoms with E-state index in [0.717, 1.165) is 16.5 Å². The van der Waals surface area contributed by atoms with Gasteiger partial charge in [0.15, 0.2) is 0 Å². The van der Waals surface area contributed by atoms with Gasteiger partial charge in [-0.25, -0.2) is 0 Å². The second-order valence-corrected chi connectivity index (χ2v) is 5.79. The molecule has 1 aromatic rings. The number of rotatable bonds is 5. The van der Waals surface area contributed by atoms with Crippen molar-refractivity contribution in [2.45, 2.75) is 19.4 Å². The van der Waals surface area contributed by atoms with Gasteiger partial charge in [-0.3, -0.25) is 4.79 Å². The number of phenolic OH excluding ortho intramolecular Hbond substituents is 1. The van der Waals surface area contributed by atoms with Gasteiger partial charge in [0.05, 0.1) is 3.57 Å². The van der Waals surface area contributed by atoms with E-state index >= 15 is 0 Å². The molecule has 0 fully saturated rings. The summed E-state index contributed by atoms with van der Waals surface area (Å²) in [5.41, 5.74) is 0.490. The fraction of sp³-hybridized carbons (Fsp3) is 0.462. The molecule has 0 aromatic heterocycles. The quantitative estimate of drug-likeness (QED) is 0.789. The fourth-order valence-corrected chi connectivity index (χ4v) is 1.82. The first-order valence-electron chi connectivity index (χ1n) is 5.84. The number of hydrogen-bond donors (Lipinski definition) is 2. The average Bonchev–Trinajstić information content (AvgIpc) is 2.30. The molecule has 0 spiro atoms. The molecule has 1 unspecified atom stereocenters. The highest BCUT2D eigenvalue weighted by atomic mass is 127. The van der Waals surface area contributed by atoms with Gasteiger partial charge < -0.3 is 15.3 Å². The van der Waals surface area contributed by atoms with Crippen molar-refractivity contribution in [2.24, 2.45) is 0 Å². The summed E-state index contributed by atoms with van der Waals surface area (Å²) < 4.78 is 0.741. The molecule has 2 N–H and O–H groups in total. The Labute approximate surface area is 122 Å². The third-order valence-electron chi connectivity index (χ3n) is 2.60. The Balaban J connectivity index is 2.56. The van der Waals surface area contributed by atoms with Crippen LogP contribution in [-0.4, -0.2) is 42.6 Å². The van der Waals surface area contributed by atoms with Crippen LogP contribution in [0.15, 0.2) is 18.2 Å². The summed E-state index contributed by atoms with van der Waals surface area (Å²) in [5, 5.41) is 12.5. The molecule has 0 heterocycles. The second-order valence-electron chi connectivity index (χ2n) is 4.63. The van der Waals surface area contributed by atoms with Gasteiger partial charge in [-0.1, -0.05) is 0 Å². The Kier molecular flexibility index (Phi) is 5.87. The Morgan fingerprint density at radius 2 is 2.17 bits per heavy atom. The molecule has 1 amide bonds. The van der Waals surface area contributed by atoms with E-state index in [0.29, 0.717) is 5.56 Å². The van der Waals surface area contributed by atoms with Gasteiger partial charge >= 0.3 is 0 Å². The molecule has 5 heteroatoms. The SMILES string of the molecule is CC(CCN(C)C)NC(=O)c1ccc(I)c(O)c1. The van der Waals surface area contributed by atoms with Crippen LogP contribution < -0.4 is 5.32 Å². The Bertz CT molecular complexity index is 421. The molecule has 1 atom stereocenters. The van der Waals surface area contributed by atoms with Crippen molar-refractivity contribution in [1.29, 1.82) is 0 Å². The summed E-state index contributed by atoms with van der Waals surface area (Å²) >= 11 is 2.02. The lowest BCUT2D eigenvalue weighted by Gasteiger charge is -2.16. The number of nitrogens with one attached hydrogen (secondary N) is 1. The minimum absolute atomic E-state index is 0.112. The second kappa shape index (κ2) is 6.94. The van der Waals surface area contributed by atoms with Gasteiger partial charge in [0.25, 0.3) is 5.91 Å². The molecule has 0 radical (unpaired) electrons. The predicted molar refractivity (Wildman–Crippen MR) is 80.9 cm³/mol. The van der Waals surface area contributed by atoms with Crippen LogP contribution in [0, 0.1) is 3.57 Å². The molecular formula is C13H19IN2O2. The number of amides is 1. The summed E-state index contributed by atoms with van der Waals surface area (Å²) in [4.78, 5) is 14.0. The van der Waals surface area contributed by atoms with Crippen molar-refractivity contribution >= 4 is 28.5 Å². The van der Waals surface area contributed by atoms with E-state index in [9.17, 15) is 9.90 Å². The zero-order valence-electron chi connectivity index (χ0n) is 10.9. The maximum atomic E-state index is 11.9. The van der Waals surface area contributed by atoms with Crippen LogP contribution in [0.3, 0.4) is 0 Å². The normalized spacial score (nSPS) is 12.5. The number of aromatic hydroxyl groups is 1. The first-order chi connectivity index (χ1) is 8.40. The predicted octanol–water partition coefficient (Wildman–Crippen LogP) is 2.07. The van der Waals surface area contributed by atoms with Crippen molar-refractivity contribution in [3.05, 3.63) is 27.3 Å². The number of hydrogen-bond acceptors (Lipinski definition) is 3. The number of nitrogens with zero attached hydrogens (tertiary/aromatic N) is 1. The molecule has 0 aliphatic heterocycles. The number of carbonyl (C=O) groups excluding carboxylic acids is 1. The van der Waals surface area contributed by atoms with E-state index in [4.69, 9.17) is 0 Å². The molecule has 0 bridgehead atoms. The van der Waals surface area contributed by atoms with Gasteiger partial charge in [0, 0.05) is 11.6 Å². The van der Waals surface area contributed by atoms with Crippen molar-refractivity contribution in [2.75, 3.05) is 20.6 Å². The van der Waals surface area contributed by atoms with Crippen molar-refractivity contribution in [3.63, 3.8) is 0 Å². The van der Waals surface area contributed by atoms with Gasteiger partial charge in [-0.05, 0) is 74.8 Å². The maximum absolute atomic E-state index is 11.9. The van der Waals surface area contributed by atoms with Gasteiger partial charge in [0.2, 0.25) is 0 Å². The molecule has 1 aromatic carbocycles. The molecule has 0 saturated carbocycles. The Morgan fingerprint density at radius 1 is 1.50 bits per heavy atom. The lowest BCUT2D eigenvalue weighted by molar-refractivity contribution is 0.0936. The van der Waals surface area contributed by atoms with Crippen LogP contribution in [0.4, 0.5) is 0 Å². The van der Waals surface area contributed by atoms with E-state index in [2.05, 4.69) is 10.2 Å². The van der Waals surface area contributed by atoms with Gasteiger partial charge in [-0.15, -0.1) is 0 Å². The van der Waals surface area contributed by atoms with E-state index in [-0.39, 0.29) is 17.7 Å². The van der Waals surface area contributed by atoms with E-state index in [1.165, 1.54) is 6.07 Å². The molecule has 100 valence electrons. The number of carbonyl (C=O) groups is 1. The summed E-state index contributed by atoms with van der Waals surface area (Å²) in [6.45, 7) is 2.91. The van der Waals surface area contributed by atoms with E-state index in [1.807, 2.05) is 43.6 Å². The van der Waals surface area contributed by atoms with Gasteiger partial charge in [-0.2, -0.15) is 0 Å². The van der Waals surface area contributed by atoms with Crippen molar-refractivity contribution in [1.82, 2.24) is 10.2 Å². The van der Waals surface area contributed by atoms with Crippen LogP contribution in [0.2, 0.25) is 0 Å². The third-order valence-corrected chi connectivity index (χ3v) is 3.51. The fourth-order valence-electron chi connectivity index (χ4n) is 1.49. The lowest BCUT2D eigenvalue weighted by Crippen LogP contribution is -2.34. The largest absolute Gasteiger partial charge is 0.507 e. The molecule has 4 nitrogen and oxygen atoms in total. The number of phenols is 1. The maximum Gasteiger partial charge on any atom is 0.251 e. The van der Waals surface area contributed by atoms with Crippen molar-refractivity contribution < 1.29 is 9.90 Å². The summed E-state index contributed by atoms with van der Waals surface area (Å²) in [6.07, 6.45) is 0.898. The molecule has 18 heavy (non-hydrogen) atoms. The highest BCUT2D eigenvalue weighted by Crippen LogP contribution is 2.20. The first kappa shape index (κ1) is 15.2. The van der Waals surface area contributed by atoms with Crippen LogP contribution in [0.25, 0.3) is 0 Å². The third kappa shape index (κ3) is 4.81. The molecule has 0 aliphatic carbocycles. The zero-order chi connectivity index (χ0) is 13.7. The molecular weight excluding hydrogens is 343 g/mol. The molecule has 0 aliphatic rings. The number of halogens is 1. The highest BCUT2D eigenvalue weighted by Gasteiger charge is 2.11. The van der Waals surface area contributed by atoms with Crippen LogP contribution in [0.5, 0.6) is 5.75 Å². The Hall–Kier alpha value is -0.820. The smallest absolute Gasteiger partial charge is 0.251 e. The summed E-state index contributed by atoms with van der Waals surface area (Å²) in [5.74, 6) is -0.00264. The Morgan fingerprint density at radius 3 is 2.72 bits per heavy atom. The van der Waals surface area contributed by atoms with Crippen molar-refractivity contribution in [3.8, 4) is 5.75 Å². The van der Waals surface area contributed by atoms with E-state index < -0.39 is 0 Å². The lowest BCUT2D eigenvalue weighted by atomic mass is 10.1. The summed E-state index contributed by atoms with van der Waals surface area (Å²) in [6, 6.07) is 5.06. The summed E-state index contributed by atoms with van der Waals surface area (Å²) in [7, 11) is 4.01.